The third kappa shape index (κ3) is 8.55. The van der Waals surface area contributed by atoms with Crippen LogP contribution in [-0.4, -0.2) is 48.6 Å². The molecule has 6 heterocycles. The summed E-state index contributed by atoms with van der Waals surface area (Å²) >= 11 is 10.2. The van der Waals surface area contributed by atoms with Crippen molar-refractivity contribution in [1.29, 1.82) is 0 Å². The minimum absolute atomic E-state index is 0.833. The first kappa shape index (κ1) is 37.4. The van der Waals surface area contributed by atoms with Gasteiger partial charge in [-0.1, -0.05) is 46.3 Å². The standard InChI is InChI=1S/2C12H9BrN2.C12H10N2.C2H4O2.BHNS/c1-7-12-9(4-5-14-7)10-6-8(13)2-3-11(10)15-12;1-7-11-9(5-6-14-7)8-3-2-4-10(13)12(8)15-11;1-8-12-10(6-7-13-8)9-4-2-3-5-11(9)14-12;1-2(3)4;1-2-3/h2*2-6,15H,1H3;2-7,14H,1H3;1H3,(H,3,4);3H. The minimum atomic E-state index is -0.833. The topological polar surface area (TPSA) is 136 Å². The van der Waals surface area contributed by atoms with Gasteiger partial charge < -0.3 is 20.1 Å². The molecule has 0 atom stereocenters. The van der Waals surface area contributed by atoms with Gasteiger partial charge >= 0.3 is 24.8 Å². The molecule has 4 N–H and O–H groups in total. The van der Waals surface area contributed by atoms with Gasteiger partial charge in [0.25, 0.3) is 5.97 Å². The summed E-state index contributed by atoms with van der Waals surface area (Å²) in [5, 5.41) is 14.9. The van der Waals surface area contributed by atoms with Crippen LogP contribution in [-0.2, 0) is 4.79 Å². The molecule has 9 aromatic rings. The zero-order valence-electron chi connectivity index (χ0n) is 28.2. The van der Waals surface area contributed by atoms with E-state index in [1.54, 1.807) is 0 Å². The first-order chi connectivity index (χ1) is 24.5. The molecule has 9 rings (SSSR count). The number of halogens is 2. The molecule has 0 unspecified atom stereocenters. The van der Waals surface area contributed by atoms with Gasteiger partial charge in [0.2, 0.25) is 0 Å². The first-order valence-electron chi connectivity index (χ1n) is 15.6. The molecule has 51 heavy (non-hydrogen) atoms. The predicted molar refractivity (Wildman–Crippen MR) is 221 cm³/mol. The number of aromatic nitrogens is 6. The number of hydrogen-bond acceptors (Lipinski definition) is 6. The van der Waals surface area contributed by atoms with Gasteiger partial charge in [0.05, 0.1) is 39.1 Å². The molecule has 0 aliphatic carbocycles. The molecule has 0 bridgehead atoms. The second-order valence-electron chi connectivity index (χ2n) is 11.4. The number of carboxylic acids is 1. The molecular formula is C38H33BBr2N7O2S. The summed E-state index contributed by atoms with van der Waals surface area (Å²) in [6, 6.07) is 27.0. The third-order valence-corrected chi connectivity index (χ3v) is 9.14. The molecule has 9 nitrogen and oxygen atoms in total. The van der Waals surface area contributed by atoms with Crippen LogP contribution in [0, 0.1) is 20.8 Å². The normalized spacial score (nSPS) is 10.5. The third-order valence-electron chi connectivity index (χ3n) is 7.98. The van der Waals surface area contributed by atoms with Gasteiger partial charge in [-0.05, 0) is 85.2 Å². The van der Waals surface area contributed by atoms with Crippen LogP contribution >= 0.6 is 44.7 Å². The van der Waals surface area contributed by atoms with Crippen molar-refractivity contribution in [3.05, 3.63) is 123 Å². The molecule has 6 aromatic heterocycles. The molecule has 3 aromatic carbocycles. The Balaban J connectivity index is 0.000000136. The summed E-state index contributed by atoms with van der Waals surface area (Å²) in [4.78, 5) is 32.0. The average Bonchev–Trinajstić information content (AvgIpc) is 3.80. The molecule has 0 spiro atoms. The van der Waals surface area contributed by atoms with Crippen molar-refractivity contribution >= 4 is 124 Å². The Morgan fingerprint density at radius 1 is 0.647 bits per heavy atom. The van der Waals surface area contributed by atoms with Gasteiger partial charge in [-0.3, -0.25) is 19.7 Å². The van der Waals surface area contributed by atoms with Crippen LogP contribution in [0.25, 0.3) is 65.4 Å². The summed E-state index contributed by atoms with van der Waals surface area (Å²) in [6.07, 6.45) is 5.57. The van der Waals surface area contributed by atoms with Crippen molar-refractivity contribution in [2.75, 3.05) is 0 Å². The molecule has 1 radical (unpaired) electrons. The summed E-state index contributed by atoms with van der Waals surface area (Å²) in [5.41, 5.74) is 10.0. The quantitative estimate of drug-likeness (QED) is 0.0767. The Morgan fingerprint density at radius 3 is 1.65 bits per heavy atom. The summed E-state index contributed by atoms with van der Waals surface area (Å²) in [6.45, 7) is 7.15. The van der Waals surface area contributed by atoms with Crippen LogP contribution in [0.2, 0.25) is 0 Å². The predicted octanol–water partition coefficient (Wildman–Crippen LogP) is 10.9. The van der Waals surface area contributed by atoms with Crippen LogP contribution in [0.5, 0.6) is 0 Å². The zero-order chi connectivity index (χ0) is 36.7. The van der Waals surface area contributed by atoms with Gasteiger partial charge in [-0.25, -0.2) is 0 Å². The number of benzene rings is 3. The van der Waals surface area contributed by atoms with Crippen molar-refractivity contribution in [2.24, 2.45) is 4.30 Å². The number of hydrogen-bond donors (Lipinski definition) is 5. The number of aliphatic carboxylic acids is 1. The number of carbonyl (C=O) groups is 1. The Morgan fingerprint density at radius 2 is 1.08 bits per heavy atom. The van der Waals surface area contributed by atoms with Crippen LogP contribution in [0.4, 0.5) is 0 Å². The average molecular weight is 822 g/mol. The van der Waals surface area contributed by atoms with Gasteiger partial charge in [0.1, 0.15) is 0 Å². The van der Waals surface area contributed by atoms with Crippen molar-refractivity contribution in [1.82, 2.24) is 29.9 Å². The van der Waals surface area contributed by atoms with E-state index in [9.17, 15) is 0 Å². The summed E-state index contributed by atoms with van der Waals surface area (Å²) < 4.78 is 4.89. The van der Waals surface area contributed by atoms with Gasteiger partial charge in [-0.15, -0.1) is 0 Å². The zero-order valence-corrected chi connectivity index (χ0v) is 32.2. The van der Waals surface area contributed by atoms with E-state index < -0.39 is 5.97 Å². The Bertz CT molecular complexity index is 2580. The van der Waals surface area contributed by atoms with E-state index in [4.69, 9.17) is 9.90 Å². The Kier molecular flexibility index (Phi) is 12.4. The van der Waals surface area contributed by atoms with E-state index >= 15 is 0 Å². The number of nitrogens with one attached hydrogen (secondary N) is 3. The van der Waals surface area contributed by atoms with E-state index in [0.717, 1.165) is 60.5 Å². The van der Waals surface area contributed by atoms with Gasteiger partial charge in [0, 0.05) is 77.8 Å². The molecule has 255 valence electrons. The van der Waals surface area contributed by atoms with Gasteiger partial charge in [-0.2, -0.15) is 0 Å². The first-order valence-corrected chi connectivity index (χ1v) is 17.6. The number of carboxylic acid groups (broad SMARTS) is 1. The number of fused-ring (bicyclic) bond motifs is 9. The van der Waals surface area contributed by atoms with E-state index in [1.807, 2.05) is 69.7 Å². The number of H-pyrrole nitrogens is 3. The van der Waals surface area contributed by atoms with Crippen LogP contribution in [0.3, 0.4) is 0 Å². The molecule has 0 saturated heterocycles. The fourth-order valence-corrected chi connectivity index (χ4v) is 6.62. The monoisotopic (exact) mass is 820 g/mol. The van der Waals surface area contributed by atoms with Crippen LogP contribution in [0.1, 0.15) is 24.0 Å². The fraction of sp³-hybridized carbons (Fsp3) is 0.105. The van der Waals surface area contributed by atoms with Crippen molar-refractivity contribution in [3.8, 4) is 0 Å². The van der Waals surface area contributed by atoms with E-state index in [0.29, 0.717) is 0 Å². The molecule has 13 heteroatoms. The second kappa shape index (κ2) is 16.9. The number of nitrogens with zero attached hydrogens (tertiary/aromatic N) is 4. The molecule has 0 aliphatic heterocycles. The van der Waals surface area contributed by atoms with Crippen molar-refractivity contribution < 1.29 is 9.90 Å². The SMILES string of the molecule is CC(=O)O.Cc1nccc2c1[nH]c1c(Br)cccc12.Cc1nccc2c1[nH]c1ccc(Br)cc12.Cc1nccc2c1[nH]c1ccccc12.[B]=NS. The Hall–Kier alpha value is -4.85. The summed E-state index contributed by atoms with van der Waals surface area (Å²) in [5.74, 6) is -0.833. The number of para-hydroxylation sites is 2. The number of rotatable bonds is 0. The summed E-state index contributed by atoms with van der Waals surface area (Å²) in [7, 11) is 4.34. The fourth-order valence-electron chi connectivity index (χ4n) is 5.79. The number of aromatic amines is 3. The van der Waals surface area contributed by atoms with Crippen molar-refractivity contribution in [3.63, 3.8) is 0 Å². The Labute approximate surface area is 317 Å². The van der Waals surface area contributed by atoms with E-state index in [1.165, 1.54) is 37.8 Å². The molecule has 0 fully saturated rings. The maximum atomic E-state index is 9.00. The molecule has 0 aliphatic rings. The van der Waals surface area contributed by atoms with E-state index in [2.05, 4.69) is 135 Å². The van der Waals surface area contributed by atoms with Crippen LogP contribution < -0.4 is 0 Å². The number of pyridine rings is 3. The van der Waals surface area contributed by atoms with Crippen molar-refractivity contribution in [2.45, 2.75) is 27.7 Å². The number of aryl methyl sites for hydroxylation is 3. The second-order valence-corrected chi connectivity index (χ2v) is 13.4. The van der Waals surface area contributed by atoms with Crippen LogP contribution in [0.15, 0.2) is 111 Å². The maximum absolute atomic E-state index is 9.00. The molecule has 0 saturated carbocycles. The molecular weight excluding hydrogens is 789 g/mol. The molecule has 0 amide bonds. The van der Waals surface area contributed by atoms with E-state index in [-0.39, 0.29) is 0 Å². The number of thiol groups is 1. The van der Waals surface area contributed by atoms with Gasteiger partial charge in [0.15, 0.2) is 0 Å².